The number of aryl methyl sites for hydroxylation is 1. The largest absolute Gasteiger partial charge is 0.507 e. The Bertz CT molecular complexity index is 494. The van der Waals surface area contributed by atoms with Gasteiger partial charge in [-0.1, -0.05) is 80.4 Å². The van der Waals surface area contributed by atoms with Crippen LogP contribution in [0.3, 0.4) is 0 Å². The van der Waals surface area contributed by atoms with Crippen LogP contribution in [0.4, 0.5) is 0 Å². The molecule has 0 radical (unpaired) electrons. The minimum atomic E-state index is -0.798. The van der Waals surface area contributed by atoms with E-state index in [1.165, 1.54) is 12.8 Å². The second kappa shape index (κ2) is 9.10. The van der Waals surface area contributed by atoms with Gasteiger partial charge in [0, 0.05) is 6.42 Å². The number of carboxylic acids is 1. The van der Waals surface area contributed by atoms with E-state index in [1.54, 1.807) is 0 Å². The van der Waals surface area contributed by atoms with Crippen molar-refractivity contribution in [3.63, 3.8) is 0 Å². The number of carbonyl (C=O) groups is 1. The molecule has 3 nitrogen and oxygen atoms in total. The zero-order valence-electron chi connectivity index (χ0n) is 16.8. The van der Waals surface area contributed by atoms with Crippen LogP contribution in [0, 0.1) is 0 Å². The number of unbranched alkanes of at least 4 members (excludes halogenated alkanes) is 1. The first kappa shape index (κ1) is 22.5. The van der Waals surface area contributed by atoms with Gasteiger partial charge >= 0.3 is 5.97 Å². The van der Waals surface area contributed by atoms with E-state index in [2.05, 4.69) is 55.4 Å². The summed E-state index contributed by atoms with van der Waals surface area (Å²) in [6, 6.07) is 3.88. The molecule has 0 spiro atoms. The van der Waals surface area contributed by atoms with E-state index >= 15 is 0 Å². The monoisotopic (exact) mass is 336 g/mol. The van der Waals surface area contributed by atoms with Gasteiger partial charge in [0.25, 0.3) is 0 Å². The van der Waals surface area contributed by atoms with Gasteiger partial charge < -0.3 is 10.2 Å². The molecule has 1 aromatic carbocycles. The summed E-state index contributed by atoms with van der Waals surface area (Å²) in [7, 11) is 0. The fourth-order valence-corrected chi connectivity index (χ4v) is 2.23. The molecule has 0 aliphatic carbocycles. The average Bonchev–Trinajstić information content (AvgIpc) is 2.43. The van der Waals surface area contributed by atoms with Gasteiger partial charge in [-0.25, -0.2) is 0 Å². The van der Waals surface area contributed by atoms with Crippen LogP contribution in [0.1, 0.15) is 91.3 Å². The fourth-order valence-electron chi connectivity index (χ4n) is 2.23. The molecule has 0 fully saturated rings. The zero-order chi connectivity index (χ0) is 19.1. The van der Waals surface area contributed by atoms with Crippen LogP contribution < -0.4 is 0 Å². The molecule has 0 unspecified atom stereocenters. The van der Waals surface area contributed by atoms with Crippen molar-refractivity contribution in [3.8, 4) is 5.75 Å². The number of hydrogen-bond acceptors (Lipinski definition) is 2. The third-order valence-corrected chi connectivity index (χ3v) is 3.91. The predicted molar refractivity (Wildman–Crippen MR) is 102 cm³/mol. The lowest BCUT2D eigenvalue weighted by Gasteiger charge is -2.28. The molecule has 0 aliphatic rings. The third kappa shape index (κ3) is 7.37. The Morgan fingerprint density at radius 2 is 1.29 bits per heavy atom. The summed E-state index contributed by atoms with van der Waals surface area (Å²) in [5.41, 5.74) is 2.38. The topological polar surface area (TPSA) is 57.5 Å². The second-order valence-corrected chi connectivity index (χ2v) is 8.43. The van der Waals surface area contributed by atoms with Crippen molar-refractivity contribution in [1.82, 2.24) is 0 Å². The molecule has 0 atom stereocenters. The maximum Gasteiger partial charge on any atom is 0.303 e. The lowest BCUT2D eigenvalue weighted by atomic mass is 9.78. The molecular weight excluding hydrogens is 300 g/mol. The predicted octanol–water partition coefficient (Wildman–Crippen LogP) is 5.81. The van der Waals surface area contributed by atoms with Gasteiger partial charge in [0.05, 0.1) is 0 Å². The quantitative estimate of drug-likeness (QED) is 0.729. The smallest absolute Gasteiger partial charge is 0.303 e. The van der Waals surface area contributed by atoms with Gasteiger partial charge in [0.1, 0.15) is 5.75 Å². The van der Waals surface area contributed by atoms with E-state index < -0.39 is 5.97 Å². The molecule has 138 valence electrons. The highest BCUT2D eigenvalue weighted by atomic mass is 16.4. The number of rotatable bonds is 4. The lowest BCUT2D eigenvalue weighted by molar-refractivity contribution is -0.136. The molecule has 2 N–H and O–H groups in total. The van der Waals surface area contributed by atoms with E-state index in [1.807, 2.05) is 12.1 Å². The van der Waals surface area contributed by atoms with Gasteiger partial charge in [0.2, 0.25) is 0 Å². The van der Waals surface area contributed by atoms with Crippen LogP contribution in [-0.2, 0) is 22.0 Å². The van der Waals surface area contributed by atoms with Crippen LogP contribution in [-0.4, -0.2) is 16.2 Å². The van der Waals surface area contributed by atoms with Crippen LogP contribution in [0.2, 0.25) is 0 Å². The SMILES string of the molecule is CC(C)(C)c1cc(CCC(=O)O)cc(C(C)(C)C)c1O.CCCC. The van der Waals surface area contributed by atoms with Crippen molar-refractivity contribution in [3.05, 3.63) is 28.8 Å². The number of phenols is 1. The number of phenolic OH excluding ortho intramolecular Hbond substituents is 1. The van der Waals surface area contributed by atoms with Crippen molar-refractivity contribution in [1.29, 1.82) is 0 Å². The van der Waals surface area contributed by atoms with Crippen molar-refractivity contribution in [2.24, 2.45) is 0 Å². The van der Waals surface area contributed by atoms with Gasteiger partial charge in [-0.05, 0) is 33.9 Å². The first-order valence-corrected chi connectivity index (χ1v) is 8.93. The highest BCUT2D eigenvalue weighted by Gasteiger charge is 2.26. The molecule has 0 heterocycles. The Kier molecular flexibility index (Phi) is 8.53. The van der Waals surface area contributed by atoms with E-state index in [4.69, 9.17) is 5.11 Å². The highest BCUT2D eigenvalue weighted by Crippen LogP contribution is 2.39. The Labute approximate surface area is 148 Å². The average molecular weight is 337 g/mol. The summed E-state index contributed by atoms with van der Waals surface area (Å²) in [5, 5.41) is 19.4. The van der Waals surface area contributed by atoms with Gasteiger partial charge in [-0.3, -0.25) is 4.79 Å². The lowest BCUT2D eigenvalue weighted by Crippen LogP contribution is -2.18. The van der Waals surface area contributed by atoms with Crippen molar-refractivity contribution in [2.75, 3.05) is 0 Å². The second-order valence-electron chi connectivity index (χ2n) is 8.43. The van der Waals surface area contributed by atoms with Gasteiger partial charge in [0.15, 0.2) is 0 Å². The molecule has 1 aromatic rings. The summed E-state index contributed by atoms with van der Waals surface area (Å²) in [6.45, 7) is 16.7. The Hall–Kier alpha value is -1.51. The molecule has 24 heavy (non-hydrogen) atoms. The van der Waals surface area contributed by atoms with Gasteiger partial charge in [-0.15, -0.1) is 0 Å². The van der Waals surface area contributed by atoms with Crippen LogP contribution in [0.5, 0.6) is 5.75 Å². The minimum Gasteiger partial charge on any atom is -0.507 e. The molecule has 0 saturated carbocycles. The molecule has 0 aromatic heterocycles. The summed E-state index contributed by atoms with van der Waals surface area (Å²) in [4.78, 5) is 10.8. The van der Waals surface area contributed by atoms with E-state index in [0.717, 1.165) is 16.7 Å². The zero-order valence-corrected chi connectivity index (χ0v) is 16.8. The fraction of sp³-hybridized carbons (Fsp3) is 0.667. The highest BCUT2D eigenvalue weighted by molar-refractivity contribution is 5.67. The van der Waals surface area contributed by atoms with E-state index in [0.29, 0.717) is 12.2 Å². The number of hydrogen-bond donors (Lipinski definition) is 2. The number of aliphatic carboxylic acids is 1. The third-order valence-electron chi connectivity index (χ3n) is 3.91. The van der Waals surface area contributed by atoms with Crippen molar-refractivity contribution >= 4 is 5.97 Å². The molecule has 0 aliphatic heterocycles. The van der Waals surface area contributed by atoms with Crippen molar-refractivity contribution in [2.45, 2.75) is 91.9 Å². The van der Waals surface area contributed by atoms with Crippen LogP contribution in [0.15, 0.2) is 12.1 Å². The maximum atomic E-state index is 10.8. The molecule has 0 amide bonds. The number of carboxylic acid groups (broad SMARTS) is 1. The standard InChI is InChI=1S/C17H26O3.C4H10/c1-16(2,3)12-9-11(7-8-14(18)19)10-13(15(12)20)17(4,5)6;1-3-4-2/h9-10,20H,7-8H2,1-6H3,(H,18,19);3-4H2,1-2H3. The Morgan fingerprint density at radius 3 is 1.54 bits per heavy atom. The van der Waals surface area contributed by atoms with Crippen molar-refractivity contribution < 1.29 is 15.0 Å². The summed E-state index contributed by atoms with van der Waals surface area (Å²) in [6.07, 6.45) is 3.24. The molecule has 0 bridgehead atoms. The Morgan fingerprint density at radius 1 is 0.917 bits per heavy atom. The van der Waals surface area contributed by atoms with Gasteiger partial charge in [-0.2, -0.15) is 0 Å². The van der Waals surface area contributed by atoms with E-state index in [9.17, 15) is 9.90 Å². The summed E-state index contributed by atoms with van der Waals surface area (Å²) < 4.78 is 0. The van der Waals surface area contributed by atoms with Crippen LogP contribution >= 0.6 is 0 Å². The molecule has 0 saturated heterocycles. The first-order chi connectivity index (χ1) is 10.8. The molecule has 3 heteroatoms. The number of benzene rings is 1. The molecule has 1 rings (SSSR count). The molecular formula is C21H36O3. The number of aromatic hydroxyl groups is 1. The summed E-state index contributed by atoms with van der Waals surface area (Å²) in [5.74, 6) is -0.461. The minimum absolute atomic E-state index is 0.109. The van der Waals surface area contributed by atoms with E-state index in [-0.39, 0.29) is 17.3 Å². The normalized spacial score (nSPS) is 11.7. The Balaban J connectivity index is 0.00000118. The maximum absolute atomic E-state index is 10.8. The summed E-state index contributed by atoms with van der Waals surface area (Å²) >= 11 is 0. The van der Waals surface area contributed by atoms with Crippen LogP contribution in [0.25, 0.3) is 0 Å². The first-order valence-electron chi connectivity index (χ1n) is 8.93.